The van der Waals surface area contributed by atoms with E-state index in [2.05, 4.69) is 20.3 Å². The number of nitrogens with one attached hydrogen (secondary N) is 1. The number of piperidine rings is 1. The zero-order valence-corrected chi connectivity index (χ0v) is 20.1. The molecule has 1 saturated heterocycles. The molecule has 0 radical (unpaired) electrons. The number of aryl methyl sites for hydroxylation is 1. The predicted molar refractivity (Wildman–Crippen MR) is 128 cm³/mol. The number of fused-ring (bicyclic) bond motifs is 1. The van der Waals surface area contributed by atoms with Crippen LogP contribution in [-0.2, 0) is 16.6 Å². The first-order chi connectivity index (χ1) is 16.3. The van der Waals surface area contributed by atoms with Gasteiger partial charge in [0, 0.05) is 24.0 Å². The highest BCUT2D eigenvalue weighted by molar-refractivity contribution is 7.89. The van der Waals surface area contributed by atoms with Gasteiger partial charge in [-0.15, -0.1) is 5.10 Å². The molecule has 176 valence electrons. The maximum absolute atomic E-state index is 13.2. The Balaban J connectivity index is 1.45. The minimum Gasteiger partial charge on any atom is -0.308 e. The maximum Gasteiger partial charge on any atom is 0.281 e. The molecule has 1 N–H and O–H groups in total. The lowest BCUT2D eigenvalue weighted by Crippen LogP contribution is -2.39. The van der Waals surface area contributed by atoms with E-state index in [4.69, 9.17) is 11.6 Å². The number of hydrogen-bond donors (Lipinski definition) is 1. The number of nitrogens with zero attached hydrogens (tertiary/aromatic N) is 5. The second-order valence-electron chi connectivity index (χ2n) is 8.52. The van der Waals surface area contributed by atoms with Crippen molar-refractivity contribution in [3.63, 3.8) is 0 Å². The Bertz CT molecular complexity index is 1510. The van der Waals surface area contributed by atoms with Crippen LogP contribution in [0.2, 0.25) is 5.02 Å². The highest BCUT2D eigenvalue weighted by Gasteiger charge is 2.32. The molecule has 9 nitrogen and oxygen atoms in total. The van der Waals surface area contributed by atoms with E-state index >= 15 is 0 Å². The predicted octanol–water partition coefficient (Wildman–Crippen LogP) is 3.09. The number of benzene rings is 2. The number of H-pyrrole nitrogens is 1. The molecule has 34 heavy (non-hydrogen) atoms. The Labute approximate surface area is 201 Å². The molecule has 1 atom stereocenters. The highest BCUT2D eigenvalue weighted by atomic mass is 35.5. The third-order valence-electron chi connectivity index (χ3n) is 6.04. The molecule has 0 aliphatic carbocycles. The zero-order valence-electron chi connectivity index (χ0n) is 18.5. The van der Waals surface area contributed by atoms with E-state index in [1.165, 1.54) is 4.31 Å². The SMILES string of the molecule is Cc1ccc(S(=O)(=O)N2CCC[C@H](c3nc4c(nnn4Cc4cccc(Cl)c4)c(=O)[nH]3)C2)cc1. The van der Waals surface area contributed by atoms with E-state index < -0.39 is 15.6 Å². The van der Waals surface area contributed by atoms with Crippen molar-refractivity contribution in [2.45, 2.75) is 37.1 Å². The fourth-order valence-corrected chi connectivity index (χ4v) is 5.97. The highest BCUT2D eigenvalue weighted by Crippen LogP contribution is 2.29. The van der Waals surface area contributed by atoms with E-state index in [1.54, 1.807) is 35.0 Å². The Morgan fingerprint density at radius 3 is 2.74 bits per heavy atom. The lowest BCUT2D eigenvalue weighted by Gasteiger charge is -2.31. The molecule has 0 spiro atoms. The third-order valence-corrected chi connectivity index (χ3v) is 8.16. The largest absolute Gasteiger partial charge is 0.308 e. The van der Waals surface area contributed by atoms with Crippen LogP contribution in [0.1, 0.15) is 35.7 Å². The summed E-state index contributed by atoms with van der Waals surface area (Å²) in [7, 11) is -3.64. The van der Waals surface area contributed by atoms with E-state index in [0.717, 1.165) is 11.1 Å². The van der Waals surface area contributed by atoms with Gasteiger partial charge in [0.1, 0.15) is 5.82 Å². The van der Waals surface area contributed by atoms with E-state index in [0.29, 0.717) is 42.4 Å². The van der Waals surface area contributed by atoms with Crippen molar-refractivity contribution in [1.82, 2.24) is 29.3 Å². The first kappa shape index (κ1) is 22.7. The number of aromatic amines is 1. The average Bonchev–Trinajstić information content (AvgIpc) is 3.22. The summed E-state index contributed by atoms with van der Waals surface area (Å²) in [6.07, 6.45) is 1.38. The van der Waals surface area contributed by atoms with Crippen LogP contribution in [0, 0.1) is 6.92 Å². The summed E-state index contributed by atoms with van der Waals surface area (Å²) < 4.78 is 29.4. The zero-order chi connectivity index (χ0) is 23.9. The van der Waals surface area contributed by atoms with Crippen molar-refractivity contribution in [3.8, 4) is 0 Å². The van der Waals surface area contributed by atoms with Gasteiger partial charge in [-0.25, -0.2) is 18.1 Å². The Hall–Kier alpha value is -3.08. The van der Waals surface area contributed by atoms with Gasteiger partial charge in [0.05, 0.1) is 11.4 Å². The second kappa shape index (κ2) is 8.94. The molecule has 1 aliphatic heterocycles. The van der Waals surface area contributed by atoms with Crippen LogP contribution in [0.5, 0.6) is 0 Å². The normalized spacial score (nSPS) is 17.3. The number of aromatic nitrogens is 5. The minimum absolute atomic E-state index is 0.144. The van der Waals surface area contributed by atoms with Crippen LogP contribution in [0.15, 0.2) is 58.2 Å². The number of rotatable bonds is 5. The molecule has 1 aliphatic rings. The third kappa shape index (κ3) is 4.36. The van der Waals surface area contributed by atoms with Crippen molar-refractivity contribution < 1.29 is 8.42 Å². The smallest absolute Gasteiger partial charge is 0.281 e. The molecule has 0 unspecified atom stereocenters. The minimum atomic E-state index is -3.64. The maximum atomic E-state index is 13.2. The van der Waals surface area contributed by atoms with Gasteiger partial charge in [-0.1, -0.05) is 46.6 Å². The Kier molecular flexibility index (Phi) is 5.97. The fraction of sp³-hybridized carbons (Fsp3) is 0.304. The summed E-state index contributed by atoms with van der Waals surface area (Å²) in [4.78, 5) is 20.5. The number of hydrogen-bond acceptors (Lipinski definition) is 6. The molecule has 4 aromatic rings. The van der Waals surface area contributed by atoms with Crippen LogP contribution < -0.4 is 5.56 Å². The van der Waals surface area contributed by atoms with E-state index in [1.807, 2.05) is 25.1 Å². The standard InChI is InChI=1S/C23H23ClN6O3S/c1-15-7-9-19(10-8-15)34(32,33)29-11-3-5-17(14-29)21-25-22-20(23(31)26-21)27-28-30(22)13-16-4-2-6-18(24)12-16/h2,4,6-10,12,17H,3,5,11,13-14H2,1H3,(H,25,26,31)/t17-/m0/s1. The van der Waals surface area contributed by atoms with Crippen molar-refractivity contribution in [1.29, 1.82) is 0 Å². The van der Waals surface area contributed by atoms with Gasteiger partial charge >= 0.3 is 0 Å². The van der Waals surface area contributed by atoms with Crippen molar-refractivity contribution in [3.05, 3.63) is 80.9 Å². The van der Waals surface area contributed by atoms with Crippen molar-refractivity contribution in [2.24, 2.45) is 0 Å². The van der Waals surface area contributed by atoms with Gasteiger partial charge in [-0.2, -0.15) is 4.31 Å². The average molecular weight is 499 g/mol. The molecule has 2 aromatic heterocycles. The second-order valence-corrected chi connectivity index (χ2v) is 10.9. The lowest BCUT2D eigenvalue weighted by atomic mass is 9.99. The molecule has 11 heteroatoms. The van der Waals surface area contributed by atoms with Gasteiger partial charge < -0.3 is 4.98 Å². The van der Waals surface area contributed by atoms with Crippen LogP contribution in [-0.4, -0.2) is 50.8 Å². The molecule has 0 saturated carbocycles. The topological polar surface area (TPSA) is 114 Å². The van der Waals surface area contributed by atoms with Gasteiger partial charge in [0.25, 0.3) is 5.56 Å². The van der Waals surface area contributed by atoms with Gasteiger partial charge in [0.15, 0.2) is 11.2 Å². The van der Waals surface area contributed by atoms with Crippen LogP contribution in [0.4, 0.5) is 0 Å². The van der Waals surface area contributed by atoms with E-state index in [9.17, 15) is 13.2 Å². The first-order valence-electron chi connectivity index (χ1n) is 11.0. The van der Waals surface area contributed by atoms with Crippen LogP contribution in [0.25, 0.3) is 11.2 Å². The van der Waals surface area contributed by atoms with Gasteiger partial charge in [-0.05, 0) is 49.6 Å². The molecule has 5 rings (SSSR count). The molecular weight excluding hydrogens is 476 g/mol. The summed E-state index contributed by atoms with van der Waals surface area (Å²) >= 11 is 6.09. The van der Waals surface area contributed by atoms with Gasteiger partial charge in [-0.3, -0.25) is 4.79 Å². The molecule has 1 fully saturated rings. The summed E-state index contributed by atoms with van der Waals surface area (Å²) in [5.74, 6) is 0.191. The Morgan fingerprint density at radius 1 is 1.18 bits per heavy atom. The molecule has 0 bridgehead atoms. The summed E-state index contributed by atoms with van der Waals surface area (Å²) in [6, 6.07) is 14.2. The van der Waals surface area contributed by atoms with Crippen molar-refractivity contribution in [2.75, 3.05) is 13.1 Å². The lowest BCUT2D eigenvalue weighted by molar-refractivity contribution is 0.309. The fourth-order valence-electron chi connectivity index (χ4n) is 4.23. The van der Waals surface area contributed by atoms with Crippen LogP contribution in [0.3, 0.4) is 0 Å². The monoisotopic (exact) mass is 498 g/mol. The molecule has 2 aromatic carbocycles. The molecular formula is C23H23ClN6O3S. The number of sulfonamides is 1. The quantitative estimate of drug-likeness (QED) is 0.452. The van der Waals surface area contributed by atoms with E-state index in [-0.39, 0.29) is 22.9 Å². The number of halogens is 1. The Morgan fingerprint density at radius 2 is 1.97 bits per heavy atom. The summed E-state index contributed by atoms with van der Waals surface area (Å²) in [5, 5.41) is 8.70. The van der Waals surface area contributed by atoms with Crippen molar-refractivity contribution >= 4 is 32.8 Å². The first-order valence-corrected chi connectivity index (χ1v) is 12.8. The molecule has 3 heterocycles. The summed E-state index contributed by atoms with van der Waals surface area (Å²) in [5.41, 5.74) is 2.00. The van der Waals surface area contributed by atoms with Crippen LogP contribution >= 0.6 is 11.6 Å². The summed E-state index contributed by atoms with van der Waals surface area (Å²) in [6.45, 7) is 2.93. The van der Waals surface area contributed by atoms with Gasteiger partial charge in [0.2, 0.25) is 10.0 Å². The molecule has 0 amide bonds.